The molecule has 1 atom stereocenters. The lowest BCUT2D eigenvalue weighted by molar-refractivity contribution is -0.134. The Bertz CT molecular complexity index is 684. The van der Waals surface area contributed by atoms with Gasteiger partial charge < -0.3 is 15.4 Å². The zero-order valence-electron chi connectivity index (χ0n) is 17.1. The van der Waals surface area contributed by atoms with Gasteiger partial charge in [0, 0.05) is 25.7 Å². The number of benzene rings is 1. The van der Waals surface area contributed by atoms with Crippen LogP contribution >= 0.6 is 0 Å². The highest BCUT2D eigenvalue weighted by Crippen LogP contribution is 2.22. The average Bonchev–Trinajstić information content (AvgIpc) is 2.93. The molecule has 154 valence electrons. The smallest absolute Gasteiger partial charge is 0.237 e. The van der Waals surface area contributed by atoms with Gasteiger partial charge in [-0.15, -0.1) is 0 Å². The number of methoxy groups -OCH3 is 1. The molecule has 1 heterocycles. The zero-order chi connectivity index (χ0) is 19.9. The molecule has 1 saturated heterocycles. The van der Waals surface area contributed by atoms with Crippen LogP contribution in [0.2, 0.25) is 0 Å². The summed E-state index contributed by atoms with van der Waals surface area (Å²) in [6, 6.07) is 5.93. The molecular formula is C22H33N3O3. The van der Waals surface area contributed by atoms with Gasteiger partial charge in [-0.3, -0.25) is 14.5 Å². The first-order valence-electron chi connectivity index (χ1n) is 10.5. The number of amides is 2. The first-order valence-corrected chi connectivity index (χ1v) is 10.5. The summed E-state index contributed by atoms with van der Waals surface area (Å²) in [5, 5.41) is 6.09. The van der Waals surface area contributed by atoms with E-state index in [0.29, 0.717) is 13.1 Å². The van der Waals surface area contributed by atoms with E-state index in [0.717, 1.165) is 36.3 Å². The van der Waals surface area contributed by atoms with E-state index >= 15 is 0 Å². The molecule has 1 aromatic rings. The molecule has 0 unspecified atom stereocenters. The lowest BCUT2D eigenvalue weighted by atomic mass is 10.0. The molecule has 1 saturated carbocycles. The number of nitrogens with one attached hydrogen (secondary N) is 2. The molecule has 1 aromatic carbocycles. The fourth-order valence-corrected chi connectivity index (χ4v) is 4.33. The maximum absolute atomic E-state index is 12.6. The fraction of sp³-hybridized carbons (Fsp3) is 0.636. The van der Waals surface area contributed by atoms with Gasteiger partial charge in [-0.05, 0) is 37.0 Å². The monoisotopic (exact) mass is 387 g/mol. The second kappa shape index (κ2) is 9.92. The van der Waals surface area contributed by atoms with E-state index in [1.54, 1.807) is 7.11 Å². The number of ether oxygens (including phenoxy) is 1. The number of carbonyl (C=O) groups is 2. The summed E-state index contributed by atoms with van der Waals surface area (Å²) < 4.78 is 5.33. The van der Waals surface area contributed by atoms with Gasteiger partial charge in [0.15, 0.2) is 0 Å². The third kappa shape index (κ3) is 5.47. The van der Waals surface area contributed by atoms with Gasteiger partial charge in [0.2, 0.25) is 11.8 Å². The molecule has 6 heteroatoms. The van der Waals surface area contributed by atoms with Crippen LogP contribution in [0.1, 0.15) is 56.1 Å². The number of carbonyl (C=O) groups excluding carboxylic acids is 2. The topological polar surface area (TPSA) is 70.7 Å². The summed E-state index contributed by atoms with van der Waals surface area (Å²) in [6.45, 7) is 4.04. The standard InChI is InChI=1S/C22H33N3O3/c1-16-13-17(9-10-20(16)28-2)15-25-12-11-23-22(27)19(25)14-21(26)24-18-7-5-3-4-6-8-18/h9-10,13,18-19H,3-8,11-12,14-15H2,1-2H3,(H,23,27)(H,24,26)/t19-/m1/s1. The molecule has 2 aliphatic rings. The highest BCUT2D eigenvalue weighted by atomic mass is 16.5. The van der Waals surface area contributed by atoms with Gasteiger partial charge in [0.1, 0.15) is 5.75 Å². The second-order valence-corrected chi connectivity index (χ2v) is 8.04. The Morgan fingerprint density at radius 2 is 2.00 bits per heavy atom. The van der Waals surface area contributed by atoms with Crippen LogP contribution in [-0.2, 0) is 16.1 Å². The third-order valence-corrected chi connectivity index (χ3v) is 5.89. The van der Waals surface area contributed by atoms with Crippen LogP contribution in [0.25, 0.3) is 0 Å². The van der Waals surface area contributed by atoms with E-state index in [-0.39, 0.29) is 24.3 Å². The second-order valence-electron chi connectivity index (χ2n) is 8.04. The van der Waals surface area contributed by atoms with Crippen LogP contribution in [0.3, 0.4) is 0 Å². The highest BCUT2D eigenvalue weighted by molar-refractivity contribution is 5.88. The lowest BCUT2D eigenvalue weighted by Crippen LogP contribution is -2.56. The Morgan fingerprint density at radius 1 is 1.25 bits per heavy atom. The first-order chi connectivity index (χ1) is 13.6. The van der Waals surface area contributed by atoms with Crippen molar-refractivity contribution in [3.8, 4) is 5.75 Å². The number of aryl methyl sites for hydroxylation is 1. The molecule has 1 aliphatic heterocycles. The van der Waals surface area contributed by atoms with Crippen LogP contribution in [-0.4, -0.2) is 49.0 Å². The highest BCUT2D eigenvalue weighted by Gasteiger charge is 2.32. The summed E-state index contributed by atoms with van der Waals surface area (Å²) in [6.07, 6.45) is 7.20. The number of piperazine rings is 1. The molecule has 2 fully saturated rings. The number of hydrogen-bond donors (Lipinski definition) is 2. The van der Waals surface area contributed by atoms with Gasteiger partial charge in [-0.1, -0.05) is 37.8 Å². The maximum atomic E-state index is 12.6. The van der Waals surface area contributed by atoms with Crippen molar-refractivity contribution < 1.29 is 14.3 Å². The van der Waals surface area contributed by atoms with Crippen LogP contribution in [0, 0.1) is 6.92 Å². The molecule has 0 aromatic heterocycles. The molecule has 3 rings (SSSR count). The molecule has 0 bridgehead atoms. The van der Waals surface area contributed by atoms with Gasteiger partial charge in [-0.2, -0.15) is 0 Å². The fourth-order valence-electron chi connectivity index (χ4n) is 4.33. The molecule has 2 amide bonds. The minimum absolute atomic E-state index is 0.00939. The van der Waals surface area contributed by atoms with E-state index in [4.69, 9.17) is 4.74 Å². The summed E-state index contributed by atoms with van der Waals surface area (Å²) in [5.74, 6) is 0.803. The predicted molar refractivity (Wildman–Crippen MR) is 109 cm³/mol. The Morgan fingerprint density at radius 3 is 2.68 bits per heavy atom. The molecule has 0 radical (unpaired) electrons. The van der Waals surface area contributed by atoms with Crippen molar-refractivity contribution in [3.05, 3.63) is 29.3 Å². The normalized spacial score (nSPS) is 21.6. The van der Waals surface area contributed by atoms with Crippen molar-refractivity contribution in [2.75, 3.05) is 20.2 Å². The van der Waals surface area contributed by atoms with Gasteiger partial charge in [0.25, 0.3) is 0 Å². The molecule has 0 spiro atoms. The van der Waals surface area contributed by atoms with E-state index in [1.165, 1.54) is 25.7 Å². The van der Waals surface area contributed by atoms with E-state index < -0.39 is 6.04 Å². The minimum atomic E-state index is -0.415. The summed E-state index contributed by atoms with van der Waals surface area (Å²) >= 11 is 0. The average molecular weight is 388 g/mol. The van der Waals surface area contributed by atoms with Crippen LogP contribution in [0.5, 0.6) is 5.75 Å². The summed E-state index contributed by atoms with van der Waals surface area (Å²) in [4.78, 5) is 27.2. The van der Waals surface area contributed by atoms with Crippen LogP contribution in [0.4, 0.5) is 0 Å². The van der Waals surface area contributed by atoms with Crippen molar-refractivity contribution in [1.82, 2.24) is 15.5 Å². The molecule has 1 aliphatic carbocycles. The maximum Gasteiger partial charge on any atom is 0.237 e. The molecule has 6 nitrogen and oxygen atoms in total. The molecular weight excluding hydrogens is 354 g/mol. The van der Waals surface area contributed by atoms with Gasteiger partial charge in [0.05, 0.1) is 19.6 Å². The van der Waals surface area contributed by atoms with E-state index in [1.807, 2.05) is 19.1 Å². The Hall–Kier alpha value is -2.08. The number of rotatable bonds is 6. The predicted octanol–water partition coefficient (Wildman–Crippen LogP) is 2.53. The van der Waals surface area contributed by atoms with E-state index in [2.05, 4.69) is 21.6 Å². The lowest BCUT2D eigenvalue weighted by Gasteiger charge is -2.35. The Labute approximate surface area is 168 Å². The quantitative estimate of drug-likeness (QED) is 0.736. The Kier molecular flexibility index (Phi) is 7.31. The van der Waals surface area contributed by atoms with Crippen molar-refractivity contribution in [2.45, 2.75) is 70.5 Å². The summed E-state index contributed by atoms with van der Waals surface area (Å²) in [7, 11) is 1.67. The van der Waals surface area contributed by atoms with Gasteiger partial charge in [-0.25, -0.2) is 0 Å². The van der Waals surface area contributed by atoms with Gasteiger partial charge >= 0.3 is 0 Å². The number of nitrogens with zero attached hydrogens (tertiary/aromatic N) is 1. The third-order valence-electron chi connectivity index (χ3n) is 5.89. The first kappa shape index (κ1) is 20.6. The number of hydrogen-bond acceptors (Lipinski definition) is 4. The largest absolute Gasteiger partial charge is 0.496 e. The summed E-state index contributed by atoms with van der Waals surface area (Å²) in [5.41, 5.74) is 2.20. The van der Waals surface area contributed by atoms with Crippen molar-refractivity contribution in [3.63, 3.8) is 0 Å². The van der Waals surface area contributed by atoms with Crippen molar-refractivity contribution >= 4 is 11.8 Å². The van der Waals surface area contributed by atoms with E-state index in [9.17, 15) is 9.59 Å². The Balaban J connectivity index is 1.62. The van der Waals surface area contributed by atoms with Crippen molar-refractivity contribution in [1.29, 1.82) is 0 Å². The molecule has 2 N–H and O–H groups in total. The molecule has 28 heavy (non-hydrogen) atoms. The minimum Gasteiger partial charge on any atom is -0.496 e. The van der Waals surface area contributed by atoms with Crippen LogP contribution in [0.15, 0.2) is 18.2 Å². The zero-order valence-corrected chi connectivity index (χ0v) is 17.1. The SMILES string of the molecule is COc1ccc(CN2CCNC(=O)[C@H]2CC(=O)NC2CCCCCC2)cc1C. The van der Waals surface area contributed by atoms with Crippen LogP contribution < -0.4 is 15.4 Å². The van der Waals surface area contributed by atoms with Crippen molar-refractivity contribution in [2.24, 2.45) is 0 Å².